The molecule has 0 saturated heterocycles. The lowest BCUT2D eigenvalue weighted by Gasteiger charge is -2.16. The molecule has 1 atom stereocenters. The Balaban J connectivity index is 2.55. The lowest BCUT2D eigenvalue weighted by atomic mass is 9.98. The molecule has 0 aliphatic rings. The molecular weight excluding hydrogens is 314 g/mol. The largest absolute Gasteiger partial charge is 0.330 e. The molecule has 2 N–H and O–H groups in total. The number of benzene rings is 1. The summed E-state index contributed by atoms with van der Waals surface area (Å²) in [6.45, 7) is 8.85. The molecule has 2 aromatic rings. The average molecular weight is 334 g/mol. The highest BCUT2D eigenvalue weighted by Crippen LogP contribution is 2.29. The Bertz CT molecular complexity index is 615. The molecule has 1 aromatic carbocycles. The van der Waals surface area contributed by atoms with Crippen LogP contribution in [0.4, 0.5) is 0 Å². The van der Waals surface area contributed by atoms with E-state index < -0.39 is 0 Å². The topological polar surface area (TPSA) is 51.8 Å². The van der Waals surface area contributed by atoms with Crippen LogP contribution >= 0.6 is 15.9 Å². The number of nitrogens with two attached hydrogens (primary N) is 1. The molecule has 20 heavy (non-hydrogen) atoms. The maximum atomic E-state index is 5.77. The molecule has 0 amide bonds. The highest BCUT2D eigenvalue weighted by Gasteiger charge is 2.15. The lowest BCUT2D eigenvalue weighted by molar-refractivity contribution is 0.744. The minimum Gasteiger partial charge on any atom is -0.330 e. The number of aromatic nitrogens is 2. The van der Waals surface area contributed by atoms with Crippen molar-refractivity contribution < 1.29 is 0 Å². The van der Waals surface area contributed by atoms with E-state index in [2.05, 4.69) is 57.9 Å². The van der Waals surface area contributed by atoms with Crippen LogP contribution in [0.15, 0.2) is 22.7 Å². The van der Waals surface area contributed by atoms with E-state index >= 15 is 0 Å². The number of nitrogens with zero attached hydrogens (tertiary/aromatic N) is 2. The monoisotopic (exact) mass is 333 g/mol. The molecule has 1 unspecified atom stereocenters. The van der Waals surface area contributed by atoms with Crippen molar-refractivity contribution in [3.63, 3.8) is 0 Å². The van der Waals surface area contributed by atoms with E-state index in [-0.39, 0.29) is 5.92 Å². The average Bonchev–Trinajstić information content (AvgIpc) is 2.37. The summed E-state index contributed by atoms with van der Waals surface area (Å²) in [7, 11) is 0. The summed E-state index contributed by atoms with van der Waals surface area (Å²) >= 11 is 3.59. The summed E-state index contributed by atoms with van der Waals surface area (Å²) in [5, 5.41) is 0. The van der Waals surface area contributed by atoms with Gasteiger partial charge in [0.2, 0.25) is 0 Å². The lowest BCUT2D eigenvalue weighted by Crippen LogP contribution is -2.14. The molecule has 0 saturated carbocycles. The van der Waals surface area contributed by atoms with Gasteiger partial charge in [0.25, 0.3) is 0 Å². The van der Waals surface area contributed by atoms with Crippen LogP contribution in [-0.2, 0) is 0 Å². The van der Waals surface area contributed by atoms with E-state index in [0.29, 0.717) is 6.54 Å². The van der Waals surface area contributed by atoms with Crippen LogP contribution in [0.2, 0.25) is 0 Å². The summed E-state index contributed by atoms with van der Waals surface area (Å²) in [6.07, 6.45) is 0. The third-order valence-electron chi connectivity index (χ3n) is 3.54. The summed E-state index contributed by atoms with van der Waals surface area (Å²) in [5.41, 5.74) is 11.2. The standard InChI is InChI=1S/C16H20BrN3/c1-9-5-6-13(14(17)7-9)16-19-11(3)15(10(2)8-18)12(4)20-16/h5-7,10H,8,18H2,1-4H3. The van der Waals surface area contributed by atoms with E-state index in [9.17, 15) is 0 Å². The molecule has 1 aromatic heterocycles. The first kappa shape index (κ1) is 15.1. The van der Waals surface area contributed by atoms with Crippen molar-refractivity contribution >= 4 is 15.9 Å². The van der Waals surface area contributed by atoms with Gasteiger partial charge in [-0.25, -0.2) is 9.97 Å². The second-order valence-corrected chi connectivity index (χ2v) is 6.11. The molecule has 106 valence electrons. The van der Waals surface area contributed by atoms with Gasteiger partial charge in [0, 0.05) is 21.4 Å². The van der Waals surface area contributed by atoms with Crippen molar-refractivity contribution in [2.45, 2.75) is 33.6 Å². The predicted molar refractivity (Wildman–Crippen MR) is 86.8 cm³/mol. The predicted octanol–water partition coefficient (Wildman–Crippen LogP) is 3.89. The number of rotatable bonds is 3. The van der Waals surface area contributed by atoms with Gasteiger partial charge in [-0.2, -0.15) is 0 Å². The molecular formula is C16H20BrN3. The van der Waals surface area contributed by atoms with Crippen molar-refractivity contribution in [3.8, 4) is 11.4 Å². The van der Waals surface area contributed by atoms with Gasteiger partial charge in [0.1, 0.15) is 0 Å². The van der Waals surface area contributed by atoms with E-state index in [1.165, 1.54) is 11.1 Å². The molecule has 0 aliphatic heterocycles. The Hall–Kier alpha value is -1.26. The van der Waals surface area contributed by atoms with Gasteiger partial charge in [-0.1, -0.05) is 28.9 Å². The second kappa shape index (κ2) is 6.02. The summed E-state index contributed by atoms with van der Waals surface area (Å²) in [6, 6.07) is 6.21. The zero-order chi connectivity index (χ0) is 14.9. The van der Waals surface area contributed by atoms with E-state index in [1.807, 2.05) is 13.8 Å². The van der Waals surface area contributed by atoms with Gasteiger partial charge >= 0.3 is 0 Å². The zero-order valence-corrected chi connectivity index (χ0v) is 14.0. The molecule has 0 aliphatic carbocycles. The number of aryl methyl sites for hydroxylation is 3. The summed E-state index contributed by atoms with van der Waals surface area (Å²) in [4.78, 5) is 9.33. The van der Waals surface area contributed by atoms with Gasteiger partial charge in [-0.3, -0.25) is 0 Å². The van der Waals surface area contributed by atoms with Crippen LogP contribution in [0, 0.1) is 20.8 Å². The van der Waals surface area contributed by atoms with E-state index in [1.54, 1.807) is 0 Å². The van der Waals surface area contributed by atoms with Crippen LogP contribution in [0.25, 0.3) is 11.4 Å². The van der Waals surface area contributed by atoms with Crippen LogP contribution in [0.3, 0.4) is 0 Å². The van der Waals surface area contributed by atoms with Gasteiger partial charge < -0.3 is 5.73 Å². The van der Waals surface area contributed by atoms with Crippen molar-refractivity contribution in [1.29, 1.82) is 0 Å². The van der Waals surface area contributed by atoms with Gasteiger partial charge in [0.05, 0.1) is 0 Å². The Morgan fingerprint density at radius 2 is 1.75 bits per heavy atom. The SMILES string of the molecule is Cc1ccc(-c2nc(C)c(C(C)CN)c(C)n2)c(Br)c1. The Morgan fingerprint density at radius 1 is 1.15 bits per heavy atom. The van der Waals surface area contributed by atoms with Crippen molar-refractivity contribution in [2.24, 2.45) is 5.73 Å². The number of hydrogen-bond acceptors (Lipinski definition) is 3. The minimum absolute atomic E-state index is 0.283. The third kappa shape index (κ3) is 2.91. The number of halogens is 1. The molecule has 0 fully saturated rings. The van der Waals surface area contributed by atoms with Gasteiger partial charge in [0.15, 0.2) is 5.82 Å². The van der Waals surface area contributed by atoms with E-state index in [0.717, 1.165) is 27.2 Å². The molecule has 2 rings (SSSR count). The Morgan fingerprint density at radius 3 is 2.25 bits per heavy atom. The third-order valence-corrected chi connectivity index (χ3v) is 4.19. The Labute approximate surface area is 128 Å². The molecule has 0 bridgehead atoms. The molecule has 4 heteroatoms. The van der Waals surface area contributed by atoms with Crippen molar-refractivity contribution in [3.05, 3.63) is 45.2 Å². The van der Waals surface area contributed by atoms with Crippen LogP contribution in [0.5, 0.6) is 0 Å². The first-order valence-electron chi connectivity index (χ1n) is 6.75. The molecule has 0 radical (unpaired) electrons. The quantitative estimate of drug-likeness (QED) is 0.926. The van der Waals surface area contributed by atoms with Crippen LogP contribution < -0.4 is 5.73 Å². The maximum Gasteiger partial charge on any atom is 0.160 e. The first-order valence-corrected chi connectivity index (χ1v) is 7.55. The highest BCUT2D eigenvalue weighted by molar-refractivity contribution is 9.10. The van der Waals surface area contributed by atoms with Crippen LogP contribution in [0.1, 0.15) is 35.4 Å². The fraction of sp³-hybridized carbons (Fsp3) is 0.375. The maximum absolute atomic E-state index is 5.77. The second-order valence-electron chi connectivity index (χ2n) is 5.25. The molecule has 0 spiro atoms. The first-order chi connectivity index (χ1) is 9.43. The van der Waals surface area contributed by atoms with Gasteiger partial charge in [-0.05, 0) is 56.5 Å². The van der Waals surface area contributed by atoms with Crippen LogP contribution in [-0.4, -0.2) is 16.5 Å². The molecule has 3 nitrogen and oxygen atoms in total. The zero-order valence-electron chi connectivity index (χ0n) is 12.4. The van der Waals surface area contributed by atoms with Gasteiger partial charge in [-0.15, -0.1) is 0 Å². The number of hydrogen-bond donors (Lipinski definition) is 1. The Kier molecular flexibility index (Phi) is 4.55. The smallest absolute Gasteiger partial charge is 0.160 e. The highest BCUT2D eigenvalue weighted by atomic mass is 79.9. The minimum atomic E-state index is 0.283. The summed E-state index contributed by atoms with van der Waals surface area (Å²) in [5.74, 6) is 1.05. The summed E-state index contributed by atoms with van der Waals surface area (Å²) < 4.78 is 1.02. The fourth-order valence-electron chi connectivity index (χ4n) is 2.48. The van der Waals surface area contributed by atoms with Crippen molar-refractivity contribution in [2.75, 3.05) is 6.54 Å². The fourth-order valence-corrected chi connectivity index (χ4v) is 3.15. The normalized spacial score (nSPS) is 12.5. The van der Waals surface area contributed by atoms with E-state index in [4.69, 9.17) is 5.73 Å². The van der Waals surface area contributed by atoms with Crippen molar-refractivity contribution in [1.82, 2.24) is 9.97 Å². The molecule has 1 heterocycles.